The van der Waals surface area contributed by atoms with Crippen molar-refractivity contribution in [3.8, 4) is 0 Å². The van der Waals surface area contributed by atoms with Gasteiger partial charge in [-0.1, -0.05) is 29.8 Å². The van der Waals surface area contributed by atoms with Gasteiger partial charge in [-0.2, -0.15) is 4.31 Å². The Kier molecular flexibility index (Phi) is 7.11. The molecule has 1 aromatic heterocycles. The topological polar surface area (TPSA) is 113 Å². The number of carbonyl (C=O) groups excluding carboxylic acids is 1. The summed E-state index contributed by atoms with van der Waals surface area (Å²) in [7, 11) is -2.30. The van der Waals surface area contributed by atoms with Crippen LogP contribution in [-0.4, -0.2) is 66.3 Å². The largest absolute Gasteiger partial charge is 0.383 e. The SMILES string of the molecule is COCCN(Cc1nc2ccccc2c(=O)[nH]1)C(=O)[C@@H]1CCCN1S(=O)(=O)c1ccc(C)cc1. The van der Waals surface area contributed by atoms with Gasteiger partial charge in [-0.3, -0.25) is 9.59 Å². The zero-order valence-electron chi connectivity index (χ0n) is 19.2. The number of benzene rings is 2. The van der Waals surface area contributed by atoms with Crippen molar-refractivity contribution in [1.29, 1.82) is 0 Å². The number of H-pyrrole nitrogens is 1. The lowest BCUT2D eigenvalue weighted by molar-refractivity contribution is -0.136. The van der Waals surface area contributed by atoms with Crippen molar-refractivity contribution < 1.29 is 17.9 Å². The van der Waals surface area contributed by atoms with Gasteiger partial charge in [0, 0.05) is 20.2 Å². The Labute approximate surface area is 198 Å². The molecule has 3 aromatic rings. The summed E-state index contributed by atoms with van der Waals surface area (Å²) in [5.41, 5.74) is 1.20. The Bertz CT molecular complexity index is 1340. The number of methoxy groups -OCH3 is 1. The first-order valence-electron chi connectivity index (χ1n) is 11.2. The number of rotatable bonds is 8. The van der Waals surface area contributed by atoms with E-state index in [1.54, 1.807) is 48.5 Å². The molecule has 1 aliphatic heterocycles. The summed E-state index contributed by atoms with van der Waals surface area (Å²) < 4.78 is 33.1. The minimum Gasteiger partial charge on any atom is -0.383 e. The molecule has 2 aromatic carbocycles. The number of hydrogen-bond donors (Lipinski definition) is 1. The second-order valence-electron chi connectivity index (χ2n) is 8.37. The van der Waals surface area contributed by atoms with Gasteiger partial charge in [-0.15, -0.1) is 0 Å². The molecule has 1 amide bonds. The van der Waals surface area contributed by atoms with Gasteiger partial charge in [0.15, 0.2) is 0 Å². The van der Waals surface area contributed by atoms with Crippen molar-refractivity contribution in [1.82, 2.24) is 19.2 Å². The van der Waals surface area contributed by atoms with Crippen LogP contribution in [0.4, 0.5) is 0 Å². The summed E-state index contributed by atoms with van der Waals surface area (Å²) in [6.45, 7) is 2.70. The number of nitrogens with zero attached hydrogens (tertiary/aromatic N) is 3. The maximum atomic E-state index is 13.6. The Morgan fingerprint density at radius 2 is 1.94 bits per heavy atom. The van der Waals surface area contributed by atoms with Crippen molar-refractivity contribution in [2.24, 2.45) is 0 Å². The smallest absolute Gasteiger partial charge is 0.258 e. The van der Waals surface area contributed by atoms with Crippen molar-refractivity contribution in [2.75, 3.05) is 26.8 Å². The maximum absolute atomic E-state index is 13.6. The van der Waals surface area contributed by atoms with E-state index >= 15 is 0 Å². The number of para-hydroxylation sites is 1. The minimum absolute atomic E-state index is 0.0389. The number of fused-ring (bicyclic) bond motifs is 1. The van der Waals surface area contributed by atoms with Crippen LogP contribution < -0.4 is 5.56 Å². The fourth-order valence-electron chi connectivity index (χ4n) is 4.19. The average molecular weight is 485 g/mol. The summed E-state index contributed by atoms with van der Waals surface area (Å²) >= 11 is 0. The molecular weight excluding hydrogens is 456 g/mol. The number of sulfonamides is 1. The molecule has 1 atom stereocenters. The lowest BCUT2D eigenvalue weighted by Gasteiger charge is -2.29. The fourth-order valence-corrected chi connectivity index (χ4v) is 5.84. The summed E-state index contributed by atoms with van der Waals surface area (Å²) in [5, 5.41) is 0.465. The maximum Gasteiger partial charge on any atom is 0.258 e. The molecule has 1 aliphatic rings. The van der Waals surface area contributed by atoms with E-state index in [-0.39, 0.29) is 42.6 Å². The van der Waals surface area contributed by atoms with Gasteiger partial charge in [-0.25, -0.2) is 13.4 Å². The quantitative estimate of drug-likeness (QED) is 0.524. The molecule has 0 unspecified atom stereocenters. The molecule has 0 saturated carbocycles. The molecule has 0 radical (unpaired) electrons. The number of aromatic amines is 1. The van der Waals surface area contributed by atoms with Crippen LogP contribution in [-0.2, 0) is 26.1 Å². The monoisotopic (exact) mass is 484 g/mol. The molecule has 0 spiro atoms. The molecule has 0 bridgehead atoms. The van der Waals surface area contributed by atoms with Gasteiger partial charge in [-0.05, 0) is 44.0 Å². The Balaban J connectivity index is 1.61. The standard InChI is InChI=1S/C24H28N4O5S/c1-17-9-11-18(12-10-17)34(31,32)28-13-5-8-21(28)24(30)27(14-15-33-2)16-22-25-20-7-4-3-6-19(20)23(29)26-22/h3-4,6-7,9-12,21H,5,8,13-16H2,1-2H3,(H,25,26,29)/t21-/m0/s1. The fraction of sp³-hybridized carbons (Fsp3) is 0.375. The highest BCUT2D eigenvalue weighted by Crippen LogP contribution is 2.28. The van der Waals surface area contributed by atoms with Gasteiger partial charge >= 0.3 is 0 Å². The molecule has 1 saturated heterocycles. The van der Waals surface area contributed by atoms with Crippen LogP contribution in [0.3, 0.4) is 0 Å². The van der Waals surface area contributed by atoms with E-state index < -0.39 is 16.1 Å². The molecule has 180 valence electrons. The third kappa shape index (κ3) is 4.89. The van der Waals surface area contributed by atoms with Crippen LogP contribution in [0.15, 0.2) is 58.2 Å². The first-order chi connectivity index (χ1) is 16.3. The molecule has 34 heavy (non-hydrogen) atoms. The van der Waals surface area contributed by atoms with Gasteiger partial charge in [0.05, 0.1) is 29.0 Å². The third-order valence-corrected chi connectivity index (χ3v) is 7.92. The molecule has 10 heteroatoms. The second kappa shape index (κ2) is 10.0. The molecule has 1 N–H and O–H groups in total. The Hall–Kier alpha value is -3.08. The van der Waals surface area contributed by atoms with Gasteiger partial charge in [0.2, 0.25) is 15.9 Å². The minimum atomic E-state index is -3.83. The summed E-state index contributed by atoms with van der Waals surface area (Å²) in [4.78, 5) is 35.0. The second-order valence-corrected chi connectivity index (χ2v) is 10.3. The van der Waals surface area contributed by atoms with Crippen LogP contribution in [0, 0.1) is 6.92 Å². The molecule has 0 aliphatic carbocycles. The Morgan fingerprint density at radius 1 is 1.21 bits per heavy atom. The normalized spacial score (nSPS) is 16.7. The predicted molar refractivity (Wildman–Crippen MR) is 128 cm³/mol. The van der Waals surface area contributed by atoms with Crippen LogP contribution >= 0.6 is 0 Å². The average Bonchev–Trinajstić information content (AvgIpc) is 3.33. The van der Waals surface area contributed by atoms with E-state index in [1.165, 1.54) is 16.3 Å². The van der Waals surface area contributed by atoms with Crippen molar-refractivity contribution in [3.63, 3.8) is 0 Å². The number of aryl methyl sites for hydroxylation is 1. The number of carbonyl (C=O) groups is 1. The summed E-state index contributed by atoms with van der Waals surface area (Å²) in [6.07, 6.45) is 1.01. The number of hydrogen-bond acceptors (Lipinski definition) is 6. The van der Waals surface area contributed by atoms with E-state index in [0.717, 1.165) is 5.56 Å². The highest BCUT2D eigenvalue weighted by Gasteiger charge is 2.41. The van der Waals surface area contributed by atoms with E-state index in [1.807, 2.05) is 6.92 Å². The highest BCUT2D eigenvalue weighted by molar-refractivity contribution is 7.89. The lowest BCUT2D eigenvalue weighted by Crippen LogP contribution is -2.48. The first-order valence-corrected chi connectivity index (χ1v) is 12.6. The van der Waals surface area contributed by atoms with E-state index in [9.17, 15) is 18.0 Å². The number of amides is 1. The molecule has 1 fully saturated rings. The van der Waals surface area contributed by atoms with Gasteiger partial charge in [0.1, 0.15) is 11.9 Å². The zero-order chi connectivity index (χ0) is 24.3. The zero-order valence-corrected chi connectivity index (χ0v) is 20.0. The van der Waals surface area contributed by atoms with Crippen LogP contribution in [0.2, 0.25) is 0 Å². The van der Waals surface area contributed by atoms with E-state index in [2.05, 4.69) is 9.97 Å². The van der Waals surface area contributed by atoms with Gasteiger partial charge < -0.3 is 14.6 Å². The lowest BCUT2D eigenvalue weighted by atomic mass is 10.2. The van der Waals surface area contributed by atoms with Crippen LogP contribution in [0.1, 0.15) is 24.2 Å². The number of ether oxygens (including phenoxy) is 1. The molecule has 2 heterocycles. The Morgan fingerprint density at radius 3 is 2.68 bits per heavy atom. The van der Waals surface area contributed by atoms with Gasteiger partial charge in [0.25, 0.3) is 5.56 Å². The molecule has 9 nitrogen and oxygen atoms in total. The van der Waals surface area contributed by atoms with E-state index in [0.29, 0.717) is 29.6 Å². The van der Waals surface area contributed by atoms with Crippen LogP contribution in [0.25, 0.3) is 10.9 Å². The third-order valence-electron chi connectivity index (χ3n) is 6.00. The number of aromatic nitrogens is 2. The number of nitrogens with one attached hydrogen (secondary N) is 1. The summed E-state index contributed by atoms with van der Waals surface area (Å²) in [5.74, 6) is 0.000126. The first kappa shape index (κ1) is 24.1. The molecule has 4 rings (SSSR count). The predicted octanol–water partition coefficient (Wildman–Crippen LogP) is 2.06. The van der Waals surface area contributed by atoms with Crippen molar-refractivity contribution >= 4 is 26.8 Å². The highest BCUT2D eigenvalue weighted by atomic mass is 32.2. The molecular formula is C24H28N4O5S. The van der Waals surface area contributed by atoms with Crippen molar-refractivity contribution in [3.05, 3.63) is 70.3 Å². The summed E-state index contributed by atoms with van der Waals surface area (Å²) in [6, 6.07) is 12.8. The van der Waals surface area contributed by atoms with Crippen LogP contribution in [0.5, 0.6) is 0 Å². The van der Waals surface area contributed by atoms with E-state index in [4.69, 9.17) is 4.74 Å². The van der Waals surface area contributed by atoms with Crippen molar-refractivity contribution in [2.45, 2.75) is 37.2 Å².